The SMILES string of the molecule is CC(c1ccccc1)N1CC(O)CC1(C)C. The molecule has 2 unspecified atom stereocenters. The van der Waals surface area contributed by atoms with Crippen LogP contribution in [-0.2, 0) is 0 Å². The van der Waals surface area contributed by atoms with Crippen molar-refractivity contribution in [3.8, 4) is 0 Å². The van der Waals surface area contributed by atoms with Crippen LogP contribution in [0.25, 0.3) is 0 Å². The number of rotatable bonds is 2. The van der Waals surface area contributed by atoms with Crippen LogP contribution in [0.2, 0.25) is 0 Å². The summed E-state index contributed by atoms with van der Waals surface area (Å²) in [6.45, 7) is 7.42. The molecule has 1 saturated heterocycles. The number of likely N-dealkylation sites (tertiary alicyclic amines) is 1. The number of β-amino-alcohol motifs (C(OH)–C–C–N with tert-alkyl or cyclic N) is 1. The van der Waals surface area contributed by atoms with Gasteiger partial charge in [0, 0.05) is 18.1 Å². The maximum atomic E-state index is 9.79. The van der Waals surface area contributed by atoms with E-state index in [1.807, 2.05) is 6.07 Å². The highest BCUT2D eigenvalue weighted by Gasteiger charge is 2.40. The minimum absolute atomic E-state index is 0.0919. The molecule has 88 valence electrons. The fraction of sp³-hybridized carbons (Fsp3) is 0.571. The number of aliphatic hydroxyl groups excluding tert-OH is 1. The zero-order valence-electron chi connectivity index (χ0n) is 10.4. The molecule has 0 spiro atoms. The van der Waals surface area contributed by atoms with Crippen molar-refractivity contribution in [2.75, 3.05) is 6.54 Å². The molecule has 0 aromatic heterocycles. The monoisotopic (exact) mass is 219 g/mol. The van der Waals surface area contributed by atoms with Gasteiger partial charge in [0.15, 0.2) is 0 Å². The Morgan fingerprint density at radius 3 is 2.44 bits per heavy atom. The van der Waals surface area contributed by atoms with Gasteiger partial charge in [-0.25, -0.2) is 0 Å². The van der Waals surface area contributed by atoms with Crippen LogP contribution in [0.4, 0.5) is 0 Å². The third-order valence-electron chi connectivity index (χ3n) is 3.67. The average molecular weight is 219 g/mol. The standard InChI is InChI=1S/C14H21NO/c1-11(12-7-5-4-6-8-12)15-10-13(16)9-14(15,2)3/h4-8,11,13,16H,9-10H2,1-3H3. The first-order chi connectivity index (χ1) is 7.50. The molecular formula is C14H21NO. The van der Waals surface area contributed by atoms with Crippen molar-refractivity contribution in [3.05, 3.63) is 35.9 Å². The van der Waals surface area contributed by atoms with E-state index in [0.29, 0.717) is 6.04 Å². The second-order valence-corrected chi connectivity index (χ2v) is 5.41. The van der Waals surface area contributed by atoms with Gasteiger partial charge >= 0.3 is 0 Å². The van der Waals surface area contributed by atoms with Crippen LogP contribution in [0, 0.1) is 0 Å². The van der Waals surface area contributed by atoms with E-state index in [1.165, 1.54) is 5.56 Å². The van der Waals surface area contributed by atoms with Crippen molar-refractivity contribution in [1.82, 2.24) is 4.90 Å². The fourth-order valence-electron chi connectivity index (χ4n) is 2.83. The first kappa shape index (κ1) is 11.6. The summed E-state index contributed by atoms with van der Waals surface area (Å²) in [7, 11) is 0. The quantitative estimate of drug-likeness (QED) is 0.826. The Bertz CT molecular complexity index is 347. The molecule has 1 heterocycles. The van der Waals surface area contributed by atoms with Gasteiger partial charge in [-0.3, -0.25) is 4.90 Å². The van der Waals surface area contributed by atoms with E-state index in [0.717, 1.165) is 13.0 Å². The van der Waals surface area contributed by atoms with Crippen LogP contribution >= 0.6 is 0 Å². The van der Waals surface area contributed by atoms with E-state index in [-0.39, 0.29) is 11.6 Å². The molecule has 2 nitrogen and oxygen atoms in total. The van der Waals surface area contributed by atoms with Crippen molar-refractivity contribution < 1.29 is 5.11 Å². The van der Waals surface area contributed by atoms with Gasteiger partial charge in [0.2, 0.25) is 0 Å². The normalized spacial score (nSPS) is 26.9. The predicted molar refractivity (Wildman–Crippen MR) is 66.3 cm³/mol. The van der Waals surface area contributed by atoms with Crippen LogP contribution in [0.15, 0.2) is 30.3 Å². The van der Waals surface area contributed by atoms with Crippen molar-refractivity contribution >= 4 is 0 Å². The maximum Gasteiger partial charge on any atom is 0.0685 e. The molecule has 0 saturated carbocycles. The third kappa shape index (κ3) is 2.13. The van der Waals surface area contributed by atoms with Gasteiger partial charge < -0.3 is 5.11 Å². The molecule has 2 rings (SSSR count). The van der Waals surface area contributed by atoms with Gasteiger partial charge in [-0.1, -0.05) is 30.3 Å². The van der Waals surface area contributed by atoms with Gasteiger partial charge in [0.05, 0.1) is 6.10 Å². The molecule has 2 atom stereocenters. The number of nitrogens with zero attached hydrogens (tertiary/aromatic N) is 1. The average Bonchev–Trinajstić information content (AvgIpc) is 2.52. The first-order valence-electron chi connectivity index (χ1n) is 6.00. The summed E-state index contributed by atoms with van der Waals surface area (Å²) in [5.41, 5.74) is 1.42. The van der Waals surface area contributed by atoms with Crippen LogP contribution in [0.1, 0.15) is 38.8 Å². The molecule has 0 radical (unpaired) electrons. The first-order valence-corrected chi connectivity index (χ1v) is 6.00. The molecule has 1 aromatic rings. The number of aliphatic hydroxyl groups is 1. The van der Waals surface area contributed by atoms with E-state index in [4.69, 9.17) is 0 Å². The summed E-state index contributed by atoms with van der Waals surface area (Å²) in [5.74, 6) is 0. The Morgan fingerprint density at radius 1 is 1.31 bits per heavy atom. The number of hydrogen-bond donors (Lipinski definition) is 1. The lowest BCUT2D eigenvalue weighted by Crippen LogP contribution is -2.39. The second kappa shape index (κ2) is 4.19. The van der Waals surface area contributed by atoms with Crippen LogP contribution in [0.5, 0.6) is 0 Å². The van der Waals surface area contributed by atoms with E-state index in [2.05, 4.69) is 49.9 Å². The minimum atomic E-state index is -0.179. The lowest BCUT2D eigenvalue weighted by atomic mass is 9.98. The second-order valence-electron chi connectivity index (χ2n) is 5.41. The van der Waals surface area contributed by atoms with Crippen LogP contribution < -0.4 is 0 Å². The van der Waals surface area contributed by atoms with Gasteiger partial charge in [-0.2, -0.15) is 0 Å². The molecule has 0 aliphatic carbocycles. The molecule has 0 bridgehead atoms. The summed E-state index contributed by atoms with van der Waals surface area (Å²) in [4.78, 5) is 2.40. The molecule has 1 fully saturated rings. The number of hydrogen-bond acceptors (Lipinski definition) is 2. The number of benzene rings is 1. The Kier molecular flexibility index (Phi) is 3.04. The molecule has 1 aliphatic heterocycles. The van der Waals surface area contributed by atoms with Crippen molar-refractivity contribution in [2.24, 2.45) is 0 Å². The molecule has 1 aromatic carbocycles. The molecule has 0 amide bonds. The van der Waals surface area contributed by atoms with Gasteiger partial charge in [0.1, 0.15) is 0 Å². The minimum Gasteiger partial charge on any atom is -0.392 e. The fourth-order valence-corrected chi connectivity index (χ4v) is 2.83. The molecule has 2 heteroatoms. The predicted octanol–water partition coefficient (Wildman–Crippen LogP) is 2.59. The third-order valence-corrected chi connectivity index (χ3v) is 3.67. The van der Waals surface area contributed by atoms with E-state index >= 15 is 0 Å². The van der Waals surface area contributed by atoms with Crippen LogP contribution in [0.3, 0.4) is 0 Å². The summed E-state index contributed by atoms with van der Waals surface area (Å²) >= 11 is 0. The van der Waals surface area contributed by atoms with E-state index in [1.54, 1.807) is 0 Å². The summed E-state index contributed by atoms with van der Waals surface area (Å²) in [6, 6.07) is 10.9. The van der Waals surface area contributed by atoms with Crippen molar-refractivity contribution in [2.45, 2.75) is 44.9 Å². The highest BCUT2D eigenvalue weighted by atomic mass is 16.3. The highest BCUT2D eigenvalue weighted by molar-refractivity contribution is 5.19. The smallest absolute Gasteiger partial charge is 0.0685 e. The van der Waals surface area contributed by atoms with Gasteiger partial charge in [-0.15, -0.1) is 0 Å². The molecule has 1 N–H and O–H groups in total. The zero-order valence-corrected chi connectivity index (χ0v) is 10.4. The summed E-state index contributed by atoms with van der Waals surface area (Å²) in [6.07, 6.45) is 0.686. The lowest BCUT2D eigenvalue weighted by Gasteiger charge is -2.36. The maximum absolute atomic E-state index is 9.79. The van der Waals surface area contributed by atoms with Gasteiger partial charge in [0.25, 0.3) is 0 Å². The Hall–Kier alpha value is -0.860. The Morgan fingerprint density at radius 2 is 1.94 bits per heavy atom. The van der Waals surface area contributed by atoms with Crippen molar-refractivity contribution in [1.29, 1.82) is 0 Å². The van der Waals surface area contributed by atoms with Crippen molar-refractivity contribution in [3.63, 3.8) is 0 Å². The Balaban J connectivity index is 2.19. The van der Waals surface area contributed by atoms with Crippen LogP contribution in [-0.4, -0.2) is 28.2 Å². The molecular weight excluding hydrogens is 198 g/mol. The summed E-state index contributed by atoms with van der Waals surface area (Å²) < 4.78 is 0. The van der Waals surface area contributed by atoms with Gasteiger partial charge in [-0.05, 0) is 32.8 Å². The van der Waals surface area contributed by atoms with E-state index in [9.17, 15) is 5.11 Å². The largest absolute Gasteiger partial charge is 0.392 e. The lowest BCUT2D eigenvalue weighted by molar-refractivity contribution is 0.119. The molecule has 16 heavy (non-hydrogen) atoms. The Labute approximate surface area is 97.9 Å². The topological polar surface area (TPSA) is 23.5 Å². The summed E-state index contributed by atoms with van der Waals surface area (Å²) in [5, 5.41) is 9.79. The zero-order chi connectivity index (χ0) is 11.8. The van der Waals surface area contributed by atoms with E-state index < -0.39 is 0 Å². The highest BCUT2D eigenvalue weighted by Crippen LogP contribution is 2.36. The molecule has 1 aliphatic rings.